The number of hydrogen-bond acceptors (Lipinski definition) is 8. The van der Waals surface area contributed by atoms with Crippen LogP contribution in [0.4, 0.5) is 11.4 Å². The van der Waals surface area contributed by atoms with E-state index in [0.29, 0.717) is 11.1 Å². The number of nitro benzene ring substituents is 1. The maximum absolute atomic E-state index is 14.0. The van der Waals surface area contributed by atoms with Gasteiger partial charge in [0.15, 0.2) is 9.75 Å². The summed E-state index contributed by atoms with van der Waals surface area (Å²) >= 11 is 14.3. The lowest BCUT2D eigenvalue weighted by atomic mass is 9.56. The highest BCUT2D eigenvalue weighted by Crippen LogP contribution is 2.66. The van der Waals surface area contributed by atoms with Crippen molar-refractivity contribution in [2.45, 2.75) is 28.5 Å². The molecule has 0 spiro atoms. The van der Waals surface area contributed by atoms with Crippen molar-refractivity contribution in [3.05, 3.63) is 69.8 Å². The fraction of sp³-hybridized carbons (Fsp3) is 0.357. The number of phenolic OH excluding ortho intramolecular Hbond substituents is 1. The van der Waals surface area contributed by atoms with E-state index < -0.39 is 62.0 Å². The van der Waals surface area contributed by atoms with Crippen LogP contribution in [0.3, 0.4) is 0 Å². The molecule has 4 aliphatic rings. The normalized spacial score (nSPS) is 32.4. The predicted octanol–water partition coefficient (Wildman–Crippen LogP) is 3.50. The minimum Gasteiger partial charge on any atom is -0.508 e. The Morgan fingerprint density at radius 1 is 1.05 bits per heavy atom. The summed E-state index contributed by atoms with van der Waals surface area (Å²) in [5, 5.41) is 21.5. The number of anilines is 1. The molecule has 4 amide bonds. The molecule has 0 radical (unpaired) electrons. The van der Waals surface area contributed by atoms with E-state index in [-0.39, 0.29) is 35.7 Å². The van der Waals surface area contributed by atoms with Crippen LogP contribution in [0.15, 0.2) is 54.1 Å². The van der Waals surface area contributed by atoms with Gasteiger partial charge >= 0.3 is 0 Å². The van der Waals surface area contributed by atoms with Gasteiger partial charge in [-0.2, -0.15) is 0 Å². The number of carbonyl (C=O) groups is 4. The number of allylic oxidation sites excluding steroid dienone is 2. The van der Waals surface area contributed by atoms with Gasteiger partial charge in [0.2, 0.25) is 11.8 Å². The van der Waals surface area contributed by atoms with Crippen LogP contribution in [-0.4, -0.2) is 62.5 Å². The Kier molecular flexibility index (Phi) is 5.99. The van der Waals surface area contributed by atoms with E-state index in [9.17, 15) is 34.4 Å². The lowest BCUT2D eigenvalue weighted by molar-refractivity contribution is -0.384. The Balaban J connectivity index is 1.52. The van der Waals surface area contributed by atoms with Crippen molar-refractivity contribution >= 4 is 58.2 Å². The molecule has 6 atom stereocenters. The second kappa shape index (κ2) is 9.02. The van der Waals surface area contributed by atoms with Crippen LogP contribution >= 0.6 is 23.2 Å². The van der Waals surface area contributed by atoms with E-state index in [1.54, 1.807) is 6.08 Å². The van der Waals surface area contributed by atoms with Gasteiger partial charge in [-0.05, 0) is 30.9 Å². The molecule has 6 rings (SSSR count). The number of hydrogen-bond donors (Lipinski definition) is 1. The summed E-state index contributed by atoms with van der Waals surface area (Å²) in [5.41, 5.74) is 0.721. The average molecular weight is 600 g/mol. The number of fused-ring (bicyclic) bond motifs is 4. The SMILES string of the molecule is COc1cc(O)ccc1C1C2=CCC3C(=O)N(c4cccc([N+](=O)[O-])c4)C(=O)C3C2CC2(Cl)C(=O)N(C)C(=O)C12Cl. The first-order chi connectivity index (χ1) is 19.4. The Morgan fingerprint density at radius 3 is 2.46 bits per heavy atom. The summed E-state index contributed by atoms with van der Waals surface area (Å²) < 4.78 is 5.52. The van der Waals surface area contributed by atoms with E-state index in [2.05, 4.69) is 0 Å². The number of nitrogens with zero attached hydrogens (tertiary/aromatic N) is 3. The number of methoxy groups -OCH3 is 1. The molecule has 0 bridgehead atoms. The highest BCUT2D eigenvalue weighted by Gasteiger charge is 2.76. The zero-order valence-corrected chi connectivity index (χ0v) is 23.3. The first-order valence-corrected chi connectivity index (χ1v) is 13.5. The van der Waals surface area contributed by atoms with Gasteiger partial charge in [0.1, 0.15) is 11.5 Å². The number of likely N-dealkylation sites (tertiary alicyclic amines) is 1. The van der Waals surface area contributed by atoms with Gasteiger partial charge in [-0.1, -0.05) is 23.8 Å². The van der Waals surface area contributed by atoms with Gasteiger partial charge < -0.3 is 9.84 Å². The lowest BCUT2D eigenvalue weighted by Crippen LogP contribution is -2.60. The number of non-ortho nitro benzene ring substituents is 1. The van der Waals surface area contributed by atoms with Gasteiger partial charge in [0.05, 0.1) is 29.6 Å². The van der Waals surface area contributed by atoms with Crippen molar-refractivity contribution in [3.8, 4) is 11.5 Å². The average Bonchev–Trinajstić information content (AvgIpc) is 3.28. The summed E-state index contributed by atoms with van der Waals surface area (Å²) in [4.78, 5) is 63.4. The third-order valence-corrected chi connectivity index (χ3v) is 10.3. The van der Waals surface area contributed by atoms with Gasteiger partial charge in [-0.15, -0.1) is 23.2 Å². The molecule has 2 heterocycles. The van der Waals surface area contributed by atoms with Gasteiger partial charge in [0, 0.05) is 36.7 Å². The smallest absolute Gasteiger partial charge is 0.271 e. The number of benzene rings is 2. The molecule has 1 N–H and O–H groups in total. The standard InChI is InChI=1S/C28H23Cl2N3O8/c1-31-25(37)27(29)12-19-16(22(28(27,30)26(31)38)17-7-6-15(34)11-20(17)41-2)8-9-18-21(19)24(36)32(23(18)35)13-4-3-5-14(10-13)33(39)40/h3-8,10-11,18-19,21-22,34H,9,12H2,1-2H3. The molecule has 13 heteroatoms. The Bertz CT molecular complexity index is 1610. The summed E-state index contributed by atoms with van der Waals surface area (Å²) in [6.45, 7) is 0. The second-order valence-electron chi connectivity index (χ2n) is 10.7. The molecule has 2 aliphatic carbocycles. The molecular weight excluding hydrogens is 577 g/mol. The lowest BCUT2D eigenvalue weighted by Gasteiger charge is -2.51. The first-order valence-electron chi connectivity index (χ1n) is 12.8. The van der Waals surface area contributed by atoms with E-state index >= 15 is 0 Å². The number of amides is 4. The quantitative estimate of drug-likeness (QED) is 0.184. The Hall–Kier alpha value is -3.96. The molecule has 0 aromatic heterocycles. The van der Waals surface area contributed by atoms with E-state index in [1.165, 1.54) is 50.6 Å². The van der Waals surface area contributed by atoms with Gasteiger partial charge in [0.25, 0.3) is 17.5 Å². The molecule has 2 aromatic rings. The highest BCUT2D eigenvalue weighted by atomic mass is 35.5. The van der Waals surface area contributed by atoms with E-state index in [1.807, 2.05) is 0 Å². The fourth-order valence-electron chi connectivity index (χ4n) is 7.03. The van der Waals surface area contributed by atoms with Crippen molar-refractivity contribution in [1.82, 2.24) is 4.90 Å². The minimum atomic E-state index is -1.99. The topological polar surface area (TPSA) is 147 Å². The van der Waals surface area contributed by atoms with Crippen molar-refractivity contribution in [2.75, 3.05) is 19.1 Å². The fourth-order valence-corrected chi connectivity index (χ4v) is 8.04. The van der Waals surface area contributed by atoms with E-state index in [0.717, 1.165) is 15.9 Å². The van der Waals surface area contributed by atoms with Crippen molar-refractivity contribution in [2.24, 2.45) is 17.8 Å². The van der Waals surface area contributed by atoms with Crippen LogP contribution in [0, 0.1) is 27.9 Å². The molecule has 1 saturated carbocycles. The van der Waals surface area contributed by atoms with Crippen LogP contribution in [0.2, 0.25) is 0 Å². The summed E-state index contributed by atoms with van der Waals surface area (Å²) in [6.07, 6.45) is 1.70. The summed E-state index contributed by atoms with van der Waals surface area (Å²) in [7, 11) is 2.67. The van der Waals surface area contributed by atoms with Crippen LogP contribution in [0.25, 0.3) is 0 Å². The minimum absolute atomic E-state index is 0.0665. The maximum Gasteiger partial charge on any atom is 0.271 e. The Morgan fingerprint density at radius 2 is 1.78 bits per heavy atom. The van der Waals surface area contributed by atoms with Crippen LogP contribution in [0.1, 0.15) is 24.3 Å². The number of carbonyl (C=O) groups excluding carboxylic acids is 4. The van der Waals surface area contributed by atoms with Crippen LogP contribution in [0.5, 0.6) is 11.5 Å². The largest absolute Gasteiger partial charge is 0.508 e. The number of alkyl halides is 2. The summed E-state index contributed by atoms with van der Waals surface area (Å²) in [6, 6.07) is 9.52. The zero-order valence-electron chi connectivity index (χ0n) is 21.7. The van der Waals surface area contributed by atoms with Gasteiger partial charge in [-0.3, -0.25) is 34.2 Å². The first kappa shape index (κ1) is 27.2. The molecule has 212 valence electrons. The molecule has 11 nitrogen and oxygen atoms in total. The molecule has 41 heavy (non-hydrogen) atoms. The number of imide groups is 2. The maximum atomic E-state index is 14.0. The zero-order chi connectivity index (χ0) is 29.6. The third-order valence-electron chi connectivity index (χ3n) is 8.84. The molecule has 6 unspecified atom stereocenters. The number of rotatable bonds is 4. The molecule has 2 saturated heterocycles. The van der Waals surface area contributed by atoms with Crippen LogP contribution < -0.4 is 9.64 Å². The number of phenols is 1. The third kappa shape index (κ3) is 3.45. The summed E-state index contributed by atoms with van der Waals surface area (Å²) in [5.74, 6) is -6.05. The molecular formula is C28H23Cl2N3O8. The second-order valence-corrected chi connectivity index (χ2v) is 12.0. The number of halogens is 2. The van der Waals surface area contributed by atoms with E-state index in [4.69, 9.17) is 27.9 Å². The molecule has 3 fully saturated rings. The monoisotopic (exact) mass is 599 g/mol. The van der Waals surface area contributed by atoms with Crippen molar-refractivity contribution < 1.29 is 33.9 Å². The number of nitro groups is 1. The molecule has 2 aromatic carbocycles. The van der Waals surface area contributed by atoms with Crippen molar-refractivity contribution in [3.63, 3.8) is 0 Å². The number of ether oxygens (including phenoxy) is 1. The van der Waals surface area contributed by atoms with Crippen LogP contribution in [-0.2, 0) is 19.2 Å². The van der Waals surface area contributed by atoms with Gasteiger partial charge in [-0.25, -0.2) is 4.90 Å². The molecule has 2 aliphatic heterocycles. The number of aromatic hydroxyl groups is 1. The Labute approximate surface area is 243 Å². The predicted molar refractivity (Wildman–Crippen MR) is 146 cm³/mol. The van der Waals surface area contributed by atoms with Crippen molar-refractivity contribution in [1.29, 1.82) is 0 Å². The highest BCUT2D eigenvalue weighted by molar-refractivity contribution is 6.53.